The van der Waals surface area contributed by atoms with Crippen LogP contribution in [-0.4, -0.2) is 22.8 Å². The van der Waals surface area contributed by atoms with Crippen molar-refractivity contribution in [3.63, 3.8) is 0 Å². The van der Waals surface area contributed by atoms with Gasteiger partial charge in [-0.15, -0.1) is 0 Å². The Balaban J connectivity index is 1.72. The fourth-order valence-electron chi connectivity index (χ4n) is 2.08. The Labute approximate surface area is 99.7 Å². The number of anilines is 1. The highest BCUT2D eigenvalue weighted by molar-refractivity contribution is 5.89. The van der Waals surface area contributed by atoms with E-state index in [-0.39, 0.29) is 6.10 Å². The van der Waals surface area contributed by atoms with Gasteiger partial charge in [-0.25, -0.2) is 0 Å². The summed E-state index contributed by atoms with van der Waals surface area (Å²) in [5.74, 6) is 0. The fourth-order valence-corrected chi connectivity index (χ4v) is 2.08. The average molecular weight is 229 g/mol. The van der Waals surface area contributed by atoms with Crippen molar-refractivity contribution in [2.24, 2.45) is 0 Å². The molecule has 0 radical (unpaired) electrons. The predicted octanol–water partition coefficient (Wildman–Crippen LogP) is 2.67. The number of allylic oxidation sites excluding steroid dienone is 1. The maximum atomic E-state index is 5.52. The van der Waals surface area contributed by atoms with Crippen molar-refractivity contribution in [3.8, 4) is 0 Å². The first-order chi connectivity index (χ1) is 8.43. The molecule has 1 aliphatic heterocycles. The normalized spacial score (nSPS) is 19.2. The first-order valence-electron chi connectivity index (χ1n) is 5.90. The van der Waals surface area contributed by atoms with Crippen molar-refractivity contribution in [1.82, 2.24) is 10.2 Å². The first-order valence-corrected chi connectivity index (χ1v) is 5.90. The number of hydrogen-bond donors (Lipinski definition) is 2. The topological polar surface area (TPSA) is 49.9 Å². The number of aromatic nitrogens is 2. The van der Waals surface area contributed by atoms with Gasteiger partial charge in [0.15, 0.2) is 0 Å². The summed E-state index contributed by atoms with van der Waals surface area (Å²) in [4.78, 5) is 0. The van der Waals surface area contributed by atoms with Crippen LogP contribution in [0.2, 0.25) is 0 Å². The summed E-state index contributed by atoms with van der Waals surface area (Å²) in [6.07, 6.45) is 8.13. The number of hydrogen-bond acceptors (Lipinski definition) is 3. The van der Waals surface area contributed by atoms with Crippen LogP contribution in [0.25, 0.3) is 10.9 Å². The minimum absolute atomic E-state index is 0.262. The lowest BCUT2D eigenvalue weighted by Crippen LogP contribution is -2.23. The summed E-state index contributed by atoms with van der Waals surface area (Å²) in [6, 6.07) is 6.13. The van der Waals surface area contributed by atoms with Crippen molar-refractivity contribution in [2.45, 2.75) is 18.9 Å². The quantitative estimate of drug-likeness (QED) is 0.850. The van der Waals surface area contributed by atoms with Gasteiger partial charge in [-0.1, -0.05) is 12.1 Å². The molecule has 0 amide bonds. The lowest BCUT2D eigenvalue weighted by molar-refractivity contribution is 0.135. The van der Waals surface area contributed by atoms with E-state index in [0.29, 0.717) is 0 Å². The second-order valence-electron chi connectivity index (χ2n) is 4.23. The summed E-state index contributed by atoms with van der Waals surface area (Å²) in [5.41, 5.74) is 2.14. The molecular weight excluding hydrogens is 214 g/mol. The van der Waals surface area contributed by atoms with Gasteiger partial charge in [0, 0.05) is 5.39 Å². The lowest BCUT2D eigenvalue weighted by Gasteiger charge is -2.20. The molecular formula is C13H15N3O. The van der Waals surface area contributed by atoms with Crippen LogP contribution in [0.3, 0.4) is 0 Å². The van der Waals surface area contributed by atoms with Gasteiger partial charge in [0.25, 0.3) is 0 Å². The molecule has 0 aliphatic carbocycles. The fraction of sp³-hybridized carbons (Fsp3) is 0.308. The maximum absolute atomic E-state index is 5.52. The Morgan fingerprint density at radius 2 is 2.47 bits per heavy atom. The van der Waals surface area contributed by atoms with Crippen LogP contribution in [0.5, 0.6) is 0 Å². The Bertz CT molecular complexity index is 532. The zero-order valence-electron chi connectivity index (χ0n) is 9.52. The highest BCUT2D eigenvalue weighted by atomic mass is 16.5. The molecule has 2 heterocycles. The lowest BCUT2D eigenvalue weighted by atomic mass is 10.1. The largest absolute Gasteiger partial charge is 0.497 e. The number of fused-ring (bicyclic) bond motifs is 1. The monoisotopic (exact) mass is 229 g/mol. The summed E-state index contributed by atoms with van der Waals surface area (Å²) >= 11 is 0. The van der Waals surface area contributed by atoms with Gasteiger partial charge < -0.3 is 10.1 Å². The van der Waals surface area contributed by atoms with Crippen molar-refractivity contribution >= 4 is 16.6 Å². The molecule has 0 fully saturated rings. The molecule has 0 saturated heterocycles. The molecule has 2 N–H and O–H groups in total. The summed E-state index contributed by atoms with van der Waals surface area (Å²) < 4.78 is 5.52. The molecule has 4 nitrogen and oxygen atoms in total. The van der Waals surface area contributed by atoms with Crippen LogP contribution in [0.4, 0.5) is 5.69 Å². The maximum Gasteiger partial charge on any atom is 0.115 e. The number of nitrogens with zero attached hydrogens (tertiary/aromatic N) is 1. The van der Waals surface area contributed by atoms with Gasteiger partial charge in [0.1, 0.15) is 6.10 Å². The summed E-state index contributed by atoms with van der Waals surface area (Å²) in [6.45, 7) is 0.822. The molecule has 0 bridgehead atoms. The minimum Gasteiger partial charge on any atom is -0.497 e. The Morgan fingerprint density at radius 1 is 1.47 bits per heavy atom. The third kappa shape index (κ3) is 2.11. The van der Waals surface area contributed by atoms with Crippen LogP contribution < -0.4 is 5.32 Å². The van der Waals surface area contributed by atoms with Crippen molar-refractivity contribution in [2.75, 3.05) is 11.9 Å². The molecule has 4 heteroatoms. The third-order valence-electron chi connectivity index (χ3n) is 3.02. The summed E-state index contributed by atoms with van der Waals surface area (Å²) in [5, 5.41) is 11.6. The van der Waals surface area contributed by atoms with Gasteiger partial charge in [0.2, 0.25) is 0 Å². The number of H-pyrrole nitrogens is 1. The van der Waals surface area contributed by atoms with Crippen molar-refractivity contribution in [3.05, 3.63) is 36.7 Å². The average Bonchev–Trinajstić information content (AvgIpc) is 2.86. The molecule has 1 aromatic carbocycles. The Kier molecular flexibility index (Phi) is 2.69. The molecule has 0 saturated carbocycles. The van der Waals surface area contributed by atoms with Crippen molar-refractivity contribution in [1.29, 1.82) is 0 Å². The standard InChI is InChI=1S/C13H15N3O/c1-2-7-17-11(5-1)9-14-12-6-3-4-10-8-15-16-13(10)12/h2-4,6-8,11,14H,1,5,9H2,(H,15,16). The second-order valence-corrected chi connectivity index (χ2v) is 4.23. The molecule has 1 atom stereocenters. The van der Waals surface area contributed by atoms with E-state index >= 15 is 0 Å². The smallest absolute Gasteiger partial charge is 0.115 e. The third-order valence-corrected chi connectivity index (χ3v) is 3.02. The molecule has 1 aliphatic rings. The Hall–Kier alpha value is -1.97. The number of aromatic amines is 1. The predicted molar refractivity (Wildman–Crippen MR) is 67.8 cm³/mol. The summed E-state index contributed by atoms with van der Waals surface area (Å²) in [7, 11) is 0. The van der Waals surface area contributed by atoms with E-state index in [4.69, 9.17) is 4.74 Å². The van der Waals surface area contributed by atoms with E-state index in [1.807, 2.05) is 18.3 Å². The molecule has 1 unspecified atom stereocenters. The molecule has 2 aromatic rings. The van der Waals surface area contributed by atoms with E-state index in [1.54, 1.807) is 6.26 Å². The van der Waals surface area contributed by atoms with E-state index in [1.165, 1.54) is 0 Å². The van der Waals surface area contributed by atoms with E-state index in [0.717, 1.165) is 36.0 Å². The van der Waals surface area contributed by atoms with E-state index in [9.17, 15) is 0 Å². The van der Waals surface area contributed by atoms with Crippen LogP contribution >= 0.6 is 0 Å². The first kappa shape index (κ1) is 10.2. The SMILES string of the molecule is C1=COC(CNc2cccc3cn[nH]c23)CC1. The number of benzene rings is 1. The van der Waals surface area contributed by atoms with Crippen LogP contribution in [-0.2, 0) is 4.74 Å². The van der Waals surface area contributed by atoms with Gasteiger partial charge >= 0.3 is 0 Å². The second kappa shape index (κ2) is 4.49. The zero-order valence-corrected chi connectivity index (χ0v) is 9.52. The highest BCUT2D eigenvalue weighted by Crippen LogP contribution is 2.21. The molecule has 17 heavy (non-hydrogen) atoms. The number of rotatable bonds is 3. The van der Waals surface area contributed by atoms with Crippen LogP contribution in [0, 0.1) is 0 Å². The molecule has 0 spiro atoms. The van der Waals surface area contributed by atoms with Crippen LogP contribution in [0.1, 0.15) is 12.8 Å². The van der Waals surface area contributed by atoms with Gasteiger partial charge in [-0.3, -0.25) is 5.10 Å². The molecule has 3 rings (SSSR count). The highest BCUT2D eigenvalue weighted by Gasteiger charge is 2.11. The van der Waals surface area contributed by atoms with Crippen LogP contribution in [0.15, 0.2) is 36.7 Å². The Morgan fingerprint density at radius 3 is 3.35 bits per heavy atom. The van der Waals surface area contributed by atoms with Gasteiger partial charge in [-0.05, 0) is 25.0 Å². The van der Waals surface area contributed by atoms with Crippen molar-refractivity contribution < 1.29 is 4.74 Å². The molecule has 1 aromatic heterocycles. The van der Waals surface area contributed by atoms with E-state index < -0.39 is 0 Å². The van der Waals surface area contributed by atoms with Gasteiger partial charge in [-0.2, -0.15) is 5.10 Å². The van der Waals surface area contributed by atoms with Gasteiger partial charge in [0.05, 0.1) is 30.2 Å². The molecule has 88 valence electrons. The number of para-hydroxylation sites is 1. The number of ether oxygens (including phenoxy) is 1. The number of nitrogens with one attached hydrogen (secondary N) is 2. The van der Waals surface area contributed by atoms with E-state index in [2.05, 4.69) is 27.7 Å². The minimum atomic E-state index is 0.262. The zero-order chi connectivity index (χ0) is 11.5.